The number of benzene rings is 2. The smallest absolute Gasteiger partial charge is 0.201 e. The number of ether oxygens (including phenoxy) is 1. The first kappa shape index (κ1) is 18.4. The van der Waals surface area contributed by atoms with Crippen molar-refractivity contribution in [1.29, 1.82) is 0 Å². The summed E-state index contributed by atoms with van der Waals surface area (Å²) in [4.78, 5) is 6.97. The minimum atomic E-state index is 0.492. The van der Waals surface area contributed by atoms with Crippen LogP contribution in [0.25, 0.3) is 22.2 Å². The van der Waals surface area contributed by atoms with Gasteiger partial charge in [0.1, 0.15) is 11.3 Å². The van der Waals surface area contributed by atoms with Crippen LogP contribution in [0.15, 0.2) is 24.3 Å². The van der Waals surface area contributed by atoms with Crippen LogP contribution in [0.1, 0.15) is 19.4 Å². The van der Waals surface area contributed by atoms with Crippen LogP contribution in [0.3, 0.4) is 0 Å². The minimum Gasteiger partial charge on any atom is -0.496 e. The van der Waals surface area contributed by atoms with E-state index < -0.39 is 0 Å². The van der Waals surface area contributed by atoms with Crippen molar-refractivity contribution in [2.75, 3.05) is 30.8 Å². The predicted octanol–water partition coefficient (Wildman–Crippen LogP) is 4.64. The Balaban J connectivity index is 2.38. The number of anilines is 2. The van der Waals surface area contributed by atoms with Gasteiger partial charge in [-0.2, -0.15) is 0 Å². The molecule has 0 saturated carbocycles. The molecular weight excluding hydrogens is 348 g/mol. The Morgan fingerprint density at radius 1 is 1.23 bits per heavy atom. The van der Waals surface area contributed by atoms with Gasteiger partial charge in [0.2, 0.25) is 5.95 Å². The van der Waals surface area contributed by atoms with Crippen LogP contribution in [-0.4, -0.2) is 29.8 Å². The van der Waals surface area contributed by atoms with Crippen molar-refractivity contribution in [3.05, 3.63) is 34.9 Å². The Morgan fingerprint density at radius 3 is 2.54 bits per heavy atom. The van der Waals surface area contributed by atoms with Crippen LogP contribution < -0.4 is 15.4 Å². The number of nitrogens with two attached hydrogens (primary N) is 1. The molecule has 26 heavy (non-hydrogen) atoms. The lowest BCUT2D eigenvalue weighted by Crippen LogP contribution is -2.22. The monoisotopic (exact) mass is 372 g/mol. The van der Waals surface area contributed by atoms with E-state index in [0.29, 0.717) is 11.0 Å². The highest BCUT2D eigenvalue weighted by atomic mass is 35.5. The largest absolute Gasteiger partial charge is 0.496 e. The Morgan fingerprint density at radius 2 is 1.92 bits per heavy atom. The first-order chi connectivity index (χ1) is 12.4. The number of fused-ring (bicyclic) bond motifs is 1. The molecule has 0 fully saturated rings. The number of halogens is 1. The first-order valence-electron chi connectivity index (χ1n) is 8.77. The van der Waals surface area contributed by atoms with Crippen LogP contribution in [0.2, 0.25) is 5.02 Å². The van der Waals surface area contributed by atoms with Crippen molar-refractivity contribution in [3.8, 4) is 16.9 Å². The summed E-state index contributed by atoms with van der Waals surface area (Å²) < 4.78 is 7.56. The van der Waals surface area contributed by atoms with Crippen molar-refractivity contribution in [2.45, 2.75) is 20.8 Å². The maximum absolute atomic E-state index is 6.21. The Hall–Kier alpha value is -2.40. The number of nitrogens with zero attached hydrogens (tertiary/aromatic N) is 3. The fourth-order valence-electron chi connectivity index (χ4n) is 3.56. The second-order valence-electron chi connectivity index (χ2n) is 6.33. The number of methoxy groups -OCH3 is 1. The molecular formula is C20H25ClN4O. The summed E-state index contributed by atoms with van der Waals surface area (Å²) in [5.74, 6) is 1.22. The molecule has 0 aliphatic rings. The number of hydrogen-bond donors (Lipinski definition) is 1. The lowest BCUT2D eigenvalue weighted by molar-refractivity contribution is 0.416. The number of rotatable bonds is 5. The zero-order valence-corrected chi connectivity index (χ0v) is 16.7. The van der Waals surface area contributed by atoms with Crippen LogP contribution in [-0.2, 0) is 7.05 Å². The molecule has 0 spiro atoms. The normalized spacial score (nSPS) is 11.2. The van der Waals surface area contributed by atoms with Gasteiger partial charge < -0.3 is 19.9 Å². The molecule has 2 aromatic carbocycles. The van der Waals surface area contributed by atoms with Crippen LogP contribution in [0.5, 0.6) is 5.75 Å². The van der Waals surface area contributed by atoms with Gasteiger partial charge in [0, 0.05) is 36.3 Å². The van der Waals surface area contributed by atoms with Crippen molar-refractivity contribution in [2.24, 2.45) is 7.05 Å². The summed E-state index contributed by atoms with van der Waals surface area (Å²) in [6.45, 7) is 8.16. The van der Waals surface area contributed by atoms with Crippen molar-refractivity contribution in [1.82, 2.24) is 9.55 Å². The first-order valence-corrected chi connectivity index (χ1v) is 9.15. The molecule has 3 rings (SSSR count). The Bertz CT molecular complexity index is 960. The fourth-order valence-corrected chi connectivity index (χ4v) is 3.82. The lowest BCUT2D eigenvalue weighted by atomic mass is 9.97. The summed E-state index contributed by atoms with van der Waals surface area (Å²) in [7, 11) is 3.61. The van der Waals surface area contributed by atoms with Crippen molar-refractivity contribution >= 4 is 34.3 Å². The number of aryl methyl sites for hydroxylation is 2. The molecule has 1 aromatic heterocycles. The summed E-state index contributed by atoms with van der Waals surface area (Å²) in [6.07, 6.45) is 0. The second kappa shape index (κ2) is 7.08. The highest BCUT2D eigenvalue weighted by molar-refractivity contribution is 6.31. The van der Waals surface area contributed by atoms with E-state index in [1.165, 1.54) is 0 Å². The van der Waals surface area contributed by atoms with Gasteiger partial charge in [0.15, 0.2) is 0 Å². The summed E-state index contributed by atoms with van der Waals surface area (Å²) >= 11 is 6.21. The van der Waals surface area contributed by atoms with Gasteiger partial charge in [0.05, 0.1) is 18.3 Å². The molecule has 6 heteroatoms. The number of hydrogen-bond acceptors (Lipinski definition) is 4. The Kier molecular flexibility index (Phi) is 5.01. The van der Waals surface area contributed by atoms with E-state index in [9.17, 15) is 0 Å². The van der Waals surface area contributed by atoms with E-state index in [-0.39, 0.29) is 0 Å². The van der Waals surface area contributed by atoms with E-state index in [2.05, 4.69) is 35.9 Å². The van der Waals surface area contributed by atoms with Crippen molar-refractivity contribution in [3.63, 3.8) is 0 Å². The third-order valence-electron chi connectivity index (χ3n) is 4.89. The maximum Gasteiger partial charge on any atom is 0.201 e. The zero-order valence-electron chi connectivity index (χ0n) is 15.9. The summed E-state index contributed by atoms with van der Waals surface area (Å²) in [6, 6.07) is 8.01. The van der Waals surface area contributed by atoms with Gasteiger partial charge in [-0.1, -0.05) is 11.6 Å². The highest BCUT2D eigenvalue weighted by Crippen LogP contribution is 2.41. The van der Waals surface area contributed by atoms with Crippen LogP contribution in [0.4, 0.5) is 11.6 Å². The molecule has 0 radical (unpaired) electrons. The third kappa shape index (κ3) is 2.86. The standard InChI is InChI=1S/C20H25ClN4O/c1-6-25(7-2)15-9-8-14(18-19(15)24(4)20(22)23-18)17-12(3)10-13(21)11-16(17)26-5/h8-11H,6-7H2,1-5H3,(H2,22,23). The molecule has 0 bridgehead atoms. The number of aromatic nitrogens is 2. The summed E-state index contributed by atoms with van der Waals surface area (Å²) in [5, 5.41) is 0.652. The molecule has 5 nitrogen and oxygen atoms in total. The quantitative estimate of drug-likeness (QED) is 0.708. The van der Waals surface area contributed by atoms with E-state index in [1.54, 1.807) is 7.11 Å². The van der Waals surface area contributed by atoms with Gasteiger partial charge in [-0.3, -0.25) is 0 Å². The molecule has 1 heterocycles. The predicted molar refractivity (Wildman–Crippen MR) is 110 cm³/mol. The van der Waals surface area contributed by atoms with Gasteiger partial charge in [0.25, 0.3) is 0 Å². The van der Waals surface area contributed by atoms with E-state index in [0.717, 1.165) is 52.3 Å². The molecule has 0 atom stereocenters. The number of nitrogen functional groups attached to an aromatic ring is 1. The molecule has 3 aromatic rings. The molecule has 0 aliphatic heterocycles. The molecule has 0 amide bonds. The molecule has 0 aliphatic carbocycles. The zero-order chi connectivity index (χ0) is 19.0. The van der Waals surface area contributed by atoms with Gasteiger partial charge in [-0.25, -0.2) is 4.98 Å². The molecule has 138 valence electrons. The highest BCUT2D eigenvalue weighted by Gasteiger charge is 2.21. The fraction of sp³-hybridized carbons (Fsp3) is 0.350. The van der Waals surface area contributed by atoms with Crippen molar-refractivity contribution < 1.29 is 4.74 Å². The van der Waals surface area contributed by atoms with Crippen LogP contribution in [0, 0.1) is 6.92 Å². The van der Waals surface area contributed by atoms with Gasteiger partial charge in [-0.15, -0.1) is 0 Å². The number of imidazole rings is 1. The minimum absolute atomic E-state index is 0.492. The molecule has 0 saturated heterocycles. The van der Waals surface area contributed by atoms with E-state index in [4.69, 9.17) is 22.1 Å². The van der Waals surface area contributed by atoms with Crippen LogP contribution >= 0.6 is 11.6 Å². The SMILES string of the molecule is CCN(CC)c1ccc(-c2c(C)cc(Cl)cc2OC)c2nc(N)n(C)c12. The molecule has 2 N–H and O–H groups in total. The van der Waals surface area contributed by atoms with Gasteiger partial charge >= 0.3 is 0 Å². The maximum atomic E-state index is 6.21. The summed E-state index contributed by atoms with van der Waals surface area (Å²) in [5.41, 5.74) is 12.2. The Labute approximate surface area is 159 Å². The second-order valence-corrected chi connectivity index (χ2v) is 6.77. The lowest BCUT2D eigenvalue weighted by Gasteiger charge is -2.23. The average Bonchev–Trinajstić information content (AvgIpc) is 2.91. The third-order valence-corrected chi connectivity index (χ3v) is 5.11. The molecule has 0 unspecified atom stereocenters. The van der Waals surface area contributed by atoms with Gasteiger partial charge in [-0.05, 0) is 50.6 Å². The van der Waals surface area contributed by atoms with E-state index in [1.807, 2.05) is 30.7 Å². The average molecular weight is 373 g/mol. The topological polar surface area (TPSA) is 56.3 Å². The van der Waals surface area contributed by atoms with E-state index >= 15 is 0 Å².